The van der Waals surface area contributed by atoms with Gasteiger partial charge in [0.25, 0.3) is 0 Å². The number of fused-ring (bicyclic) bond motifs is 6. The summed E-state index contributed by atoms with van der Waals surface area (Å²) in [5.41, 5.74) is 2.28. The Labute approximate surface area is 146 Å². The molecular weight excluding hydrogens is 331 g/mol. The first-order chi connectivity index (χ1) is 12.2. The molecule has 4 heteroatoms. The predicted molar refractivity (Wildman–Crippen MR) is 102 cm³/mol. The second-order valence-electron chi connectivity index (χ2n) is 6.25. The summed E-state index contributed by atoms with van der Waals surface area (Å²) in [6.07, 6.45) is 0.765. The van der Waals surface area contributed by atoms with Gasteiger partial charge in [0.15, 0.2) is 8.38 Å². The molecule has 0 amide bonds. The summed E-state index contributed by atoms with van der Waals surface area (Å²) in [5.74, 6) is 1.56. The van der Waals surface area contributed by atoms with Gasteiger partial charge in [-0.3, -0.25) is 0 Å². The maximum Gasteiger partial charge on any atom is 0.200 e. The van der Waals surface area contributed by atoms with E-state index < -0.39 is 8.38 Å². The lowest BCUT2D eigenvalue weighted by atomic mass is 9.92. The van der Waals surface area contributed by atoms with Crippen LogP contribution in [0.3, 0.4) is 0 Å². The molecule has 1 aliphatic heterocycles. The van der Waals surface area contributed by atoms with Crippen molar-refractivity contribution in [3.8, 4) is 11.5 Å². The molecule has 0 unspecified atom stereocenters. The van der Waals surface area contributed by atoms with Gasteiger partial charge < -0.3 is 14.5 Å². The highest BCUT2D eigenvalue weighted by molar-refractivity contribution is 7.54. The predicted octanol–water partition coefficient (Wildman–Crippen LogP) is 4.61. The van der Waals surface area contributed by atoms with Crippen LogP contribution in [0.2, 0.25) is 0 Å². The topological polar surface area (TPSA) is 49.7 Å². The van der Waals surface area contributed by atoms with E-state index in [-0.39, 0.29) is 0 Å². The van der Waals surface area contributed by atoms with Gasteiger partial charge in [-0.1, -0.05) is 54.6 Å². The Morgan fingerprint density at radius 3 is 2.20 bits per heavy atom. The lowest BCUT2D eigenvalue weighted by Gasteiger charge is -2.24. The SMILES string of the molecule is OP(O)c1cc2c(c3ccccc13)Cc1c(ccc3ccccc13)O2. The first kappa shape index (κ1) is 14.9. The van der Waals surface area contributed by atoms with Gasteiger partial charge in [0.2, 0.25) is 0 Å². The Morgan fingerprint density at radius 2 is 1.40 bits per heavy atom. The van der Waals surface area contributed by atoms with Crippen LogP contribution >= 0.6 is 8.38 Å². The first-order valence-electron chi connectivity index (χ1n) is 8.13. The van der Waals surface area contributed by atoms with Crippen molar-refractivity contribution in [1.82, 2.24) is 0 Å². The summed E-state index contributed by atoms with van der Waals surface area (Å²) < 4.78 is 6.17. The van der Waals surface area contributed by atoms with Crippen LogP contribution in [-0.4, -0.2) is 9.79 Å². The molecule has 2 N–H and O–H groups in total. The van der Waals surface area contributed by atoms with Crippen LogP contribution in [-0.2, 0) is 6.42 Å². The zero-order valence-corrected chi connectivity index (χ0v) is 14.2. The fourth-order valence-electron chi connectivity index (χ4n) is 3.72. The molecule has 122 valence electrons. The van der Waals surface area contributed by atoms with E-state index in [4.69, 9.17) is 4.74 Å². The quantitative estimate of drug-likeness (QED) is 0.436. The summed E-state index contributed by atoms with van der Waals surface area (Å²) in [6.45, 7) is 0. The van der Waals surface area contributed by atoms with Crippen LogP contribution in [0.5, 0.6) is 11.5 Å². The number of benzene rings is 4. The summed E-state index contributed by atoms with van der Waals surface area (Å²) in [5, 5.41) is 4.83. The van der Waals surface area contributed by atoms with Crippen LogP contribution in [0, 0.1) is 0 Å². The zero-order valence-electron chi connectivity index (χ0n) is 13.3. The second kappa shape index (κ2) is 5.53. The molecule has 0 aromatic heterocycles. The van der Waals surface area contributed by atoms with Gasteiger partial charge in [0.05, 0.1) is 0 Å². The molecule has 25 heavy (non-hydrogen) atoms. The largest absolute Gasteiger partial charge is 0.457 e. The van der Waals surface area contributed by atoms with Gasteiger partial charge in [0.1, 0.15) is 11.5 Å². The molecule has 0 bridgehead atoms. The van der Waals surface area contributed by atoms with E-state index in [1.807, 2.05) is 42.5 Å². The third-order valence-corrected chi connectivity index (χ3v) is 5.68. The van der Waals surface area contributed by atoms with Crippen molar-refractivity contribution in [2.75, 3.05) is 0 Å². The molecule has 1 aliphatic rings. The minimum atomic E-state index is -2.19. The van der Waals surface area contributed by atoms with E-state index in [1.54, 1.807) is 6.07 Å². The van der Waals surface area contributed by atoms with Crippen molar-refractivity contribution in [1.29, 1.82) is 0 Å². The molecule has 1 heterocycles. The number of ether oxygens (including phenoxy) is 1. The maximum atomic E-state index is 9.82. The minimum absolute atomic E-state index is 0.536. The van der Waals surface area contributed by atoms with Crippen molar-refractivity contribution in [2.24, 2.45) is 0 Å². The fraction of sp³-hybridized carbons (Fsp3) is 0.0476. The van der Waals surface area contributed by atoms with Crippen molar-refractivity contribution < 1.29 is 14.5 Å². The molecule has 0 atom stereocenters. The molecule has 0 fully saturated rings. The molecule has 4 aromatic rings. The van der Waals surface area contributed by atoms with Crippen LogP contribution in [0.15, 0.2) is 66.7 Å². The number of rotatable bonds is 1. The van der Waals surface area contributed by atoms with E-state index in [2.05, 4.69) is 18.2 Å². The first-order valence-corrected chi connectivity index (χ1v) is 9.38. The molecule has 0 aliphatic carbocycles. The monoisotopic (exact) mass is 346 g/mol. The number of hydrogen-bond acceptors (Lipinski definition) is 3. The maximum absolute atomic E-state index is 9.82. The van der Waals surface area contributed by atoms with E-state index in [0.29, 0.717) is 11.1 Å². The van der Waals surface area contributed by atoms with Gasteiger partial charge in [-0.2, -0.15) is 0 Å². The summed E-state index contributed by atoms with van der Waals surface area (Å²) in [4.78, 5) is 19.6. The van der Waals surface area contributed by atoms with E-state index in [1.165, 1.54) is 16.3 Å². The van der Waals surface area contributed by atoms with Gasteiger partial charge >= 0.3 is 0 Å². The van der Waals surface area contributed by atoms with Crippen LogP contribution < -0.4 is 10.0 Å². The van der Waals surface area contributed by atoms with Crippen molar-refractivity contribution >= 4 is 35.2 Å². The average molecular weight is 346 g/mol. The Hall–Kier alpha value is -2.45. The summed E-state index contributed by atoms with van der Waals surface area (Å²) in [6, 6.07) is 22.0. The van der Waals surface area contributed by atoms with Crippen molar-refractivity contribution in [3.63, 3.8) is 0 Å². The van der Waals surface area contributed by atoms with E-state index in [9.17, 15) is 9.79 Å². The highest BCUT2D eigenvalue weighted by Gasteiger charge is 2.24. The highest BCUT2D eigenvalue weighted by Crippen LogP contribution is 2.44. The van der Waals surface area contributed by atoms with Crippen LogP contribution in [0.1, 0.15) is 11.1 Å². The molecular formula is C21H15O3P. The smallest absolute Gasteiger partial charge is 0.200 e. The Bertz CT molecular complexity index is 1130. The van der Waals surface area contributed by atoms with Crippen LogP contribution in [0.25, 0.3) is 21.5 Å². The molecule has 0 saturated heterocycles. The highest BCUT2D eigenvalue weighted by atomic mass is 31.2. The Morgan fingerprint density at radius 1 is 0.720 bits per heavy atom. The summed E-state index contributed by atoms with van der Waals surface area (Å²) in [7, 11) is -2.19. The second-order valence-corrected chi connectivity index (χ2v) is 7.31. The molecule has 3 nitrogen and oxygen atoms in total. The van der Waals surface area contributed by atoms with Crippen LogP contribution in [0.4, 0.5) is 0 Å². The lowest BCUT2D eigenvalue weighted by Crippen LogP contribution is -2.10. The average Bonchev–Trinajstić information content (AvgIpc) is 2.65. The van der Waals surface area contributed by atoms with Crippen molar-refractivity contribution in [2.45, 2.75) is 6.42 Å². The van der Waals surface area contributed by atoms with E-state index in [0.717, 1.165) is 28.5 Å². The third-order valence-electron chi connectivity index (χ3n) is 4.88. The zero-order chi connectivity index (χ0) is 17.0. The normalized spacial score (nSPS) is 12.9. The lowest BCUT2D eigenvalue weighted by molar-refractivity contribution is 0.462. The minimum Gasteiger partial charge on any atom is -0.457 e. The molecule has 5 rings (SSSR count). The van der Waals surface area contributed by atoms with E-state index >= 15 is 0 Å². The molecule has 0 saturated carbocycles. The standard InChI is InChI=1S/C21H15O3P/c22-25(23)21-12-20-18(15-7-3-4-8-16(15)21)11-17-14-6-2-1-5-13(14)9-10-19(17)24-20/h1-10,12,22-23H,11H2. The van der Waals surface area contributed by atoms with Crippen molar-refractivity contribution in [3.05, 3.63) is 77.9 Å². The summed E-state index contributed by atoms with van der Waals surface area (Å²) >= 11 is 0. The van der Waals surface area contributed by atoms with Gasteiger partial charge in [-0.15, -0.1) is 0 Å². The third kappa shape index (κ3) is 2.25. The van der Waals surface area contributed by atoms with Gasteiger partial charge in [0, 0.05) is 22.9 Å². The fourth-order valence-corrected chi connectivity index (χ4v) is 4.36. The Kier molecular flexibility index (Phi) is 3.29. The number of hydrogen-bond donors (Lipinski definition) is 2. The molecule has 0 radical (unpaired) electrons. The van der Waals surface area contributed by atoms with Gasteiger partial charge in [-0.25, -0.2) is 0 Å². The van der Waals surface area contributed by atoms with Gasteiger partial charge in [-0.05, 0) is 33.7 Å². The Balaban J connectivity index is 1.80. The molecule has 0 spiro atoms. The molecule has 4 aromatic carbocycles.